The number of nitrogens with one attached hydrogen (secondary N) is 1. The van der Waals surface area contributed by atoms with Crippen molar-refractivity contribution in [1.29, 1.82) is 5.41 Å². The fourth-order valence-corrected chi connectivity index (χ4v) is 3.47. The molecule has 150 valence electrons. The Hall–Kier alpha value is -3.74. The number of halogens is 1. The van der Waals surface area contributed by atoms with Crippen LogP contribution >= 0.6 is 0 Å². The highest BCUT2D eigenvalue weighted by Crippen LogP contribution is 2.33. The van der Waals surface area contributed by atoms with E-state index in [2.05, 4.69) is 26.9 Å². The molecule has 1 unspecified atom stereocenters. The first-order chi connectivity index (χ1) is 14.6. The molecule has 6 nitrogen and oxygen atoms in total. The fourth-order valence-electron chi connectivity index (χ4n) is 3.47. The molecule has 0 bridgehead atoms. The van der Waals surface area contributed by atoms with Gasteiger partial charge in [-0.05, 0) is 55.0 Å². The molecule has 3 aromatic heterocycles. The highest BCUT2D eigenvalue weighted by Gasteiger charge is 2.20. The van der Waals surface area contributed by atoms with E-state index in [1.165, 1.54) is 18.5 Å². The molecule has 4 aromatic rings. The molecule has 0 saturated heterocycles. The predicted octanol–water partition coefficient (Wildman–Crippen LogP) is 4.75. The monoisotopic (exact) mass is 400 g/mol. The molecule has 1 aromatic carbocycles. The van der Waals surface area contributed by atoms with E-state index in [1.807, 2.05) is 22.8 Å². The fraction of sp³-hybridized carbons (Fsp3) is 0.174. The van der Waals surface area contributed by atoms with Crippen LogP contribution in [0.25, 0.3) is 22.6 Å². The standard InChI is InChI=1S/C23H21FN6/c1-16(12-20(25)13-17-6-9-26-10-7-17)30-15-29-22(18-2-4-19(24)5-3-18)23(30)21-8-11-27-14-28-21/h2-11,14-16,25H,12-13H2,1H3. The smallest absolute Gasteiger partial charge is 0.123 e. The maximum Gasteiger partial charge on any atom is 0.123 e. The average molecular weight is 400 g/mol. The van der Waals surface area contributed by atoms with Crippen molar-refractivity contribution in [3.05, 3.63) is 85.1 Å². The number of rotatable bonds is 7. The van der Waals surface area contributed by atoms with E-state index in [4.69, 9.17) is 5.41 Å². The van der Waals surface area contributed by atoms with Crippen molar-refractivity contribution in [3.63, 3.8) is 0 Å². The molecule has 0 aliphatic carbocycles. The quantitative estimate of drug-likeness (QED) is 0.454. The van der Waals surface area contributed by atoms with Gasteiger partial charge in [0.05, 0.1) is 23.4 Å². The van der Waals surface area contributed by atoms with E-state index >= 15 is 0 Å². The van der Waals surface area contributed by atoms with Crippen LogP contribution in [0.1, 0.15) is 24.9 Å². The molecule has 3 heterocycles. The van der Waals surface area contributed by atoms with Crippen LogP contribution < -0.4 is 0 Å². The lowest BCUT2D eigenvalue weighted by Gasteiger charge is -2.18. The van der Waals surface area contributed by atoms with Gasteiger partial charge in [0, 0.05) is 48.7 Å². The summed E-state index contributed by atoms with van der Waals surface area (Å²) in [5, 5.41) is 8.45. The summed E-state index contributed by atoms with van der Waals surface area (Å²) < 4.78 is 15.4. The van der Waals surface area contributed by atoms with Gasteiger partial charge in [0.25, 0.3) is 0 Å². The number of benzene rings is 1. The van der Waals surface area contributed by atoms with Crippen LogP contribution in [0.3, 0.4) is 0 Å². The van der Waals surface area contributed by atoms with Crippen LogP contribution in [-0.4, -0.2) is 30.2 Å². The number of imidazole rings is 1. The molecule has 4 rings (SSSR count). The summed E-state index contributed by atoms with van der Waals surface area (Å²) in [6.45, 7) is 2.06. The molecule has 30 heavy (non-hydrogen) atoms. The Morgan fingerprint density at radius 2 is 1.73 bits per heavy atom. The summed E-state index contributed by atoms with van der Waals surface area (Å²) in [5.74, 6) is -0.292. The third kappa shape index (κ3) is 4.30. The number of nitrogens with zero attached hydrogens (tertiary/aromatic N) is 5. The maximum atomic E-state index is 13.4. The third-order valence-electron chi connectivity index (χ3n) is 4.92. The Kier molecular flexibility index (Phi) is 5.70. The molecular weight excluding hydrogens is 379 g/mol. The van der Waals surface area contributed by atoms with Gasteiger partial charge in [-0.3, -0.25) is 4.98 Å². The second kappa shape index (κ2) is 8.73. The lowest BCUT2D eigenvalue weighted by Crippen LogP contribution is -2.13. The molecular formula is C23H21FN6. The minimum absolute atomic E-state index is 0.00833. The topological polar surface area (TPSA) is 80.3 Å². The minimum atomic E-state index is -0.292. The molecule has 0 aliphatic rings. The van der Waals surface area contributed by atoms with Crippen molar-refractivity contribution >= 4 is 5.71 Å². The second-order valence-corrected chi connectivity index (χ2v) is 7.14. The first-order valence-electron chi connectivity index (χ1n) is 9.66. The molecule has 7 heteroatoms. The van der Waals surface area contributed by atoms with Crippen molar-refractivity contribution in [1.82, 2.24) is 24.5 Å². The molecule has 1 N–H and O–H groups in total. The normalized spacial score (nSPS) is 11.9. The third-order valence-corrected chi connectivity index (χ3v) is 4.92. The summed E-state index contributed by atoms with van der Waals surface area (Å²) >= 11 is 0. The van der Waals surface area contributed by atoms with Crippen LogP contribution in [0.15, 0.2) is 73.7 Å². The van der Waals surface area contributed by atoms with E-state index in [-0.39, 0.29) is 11.9 Å². The van der Waals surface area contributed by atoms with Crippen LogP contribution in [0.5, 0.6) is 0 Å². The molecule has 0 radical (unpaired) electrons. The zero-order valence-electron chi connectivity index (χ0n) is 16.5. The Balaban J connectivity index is 1.65. The number of hydrogen-bond donors (Lipinski definition) is 1. The van der Waals surface area contributed by atoms with Gasteiger partial charge in [-0.15, -0.1) is 0 Å². The highest BCUT2D eigenvalue weighted by molar-refractivity contribution is 5.84. The van der Waals surface area contributed by atoms with Crippen LogP contribution in [0, 0.1) is 11.2 Å². The van der Waals surface area contributed by atoms with E-state index in [9.17, 15) is 4.39 Å². The van der Waals surface area contributed by atoms with E-state index < -0.39 is 0 Å². The van der Waals surface area contributed by atoms with Crippen molar-refractivity contribution in [3.8, 4) is 22.6 Å². The Morgan fingerprint density at radius 1 is 1.00 bits per heavy atom. The van der Waals surface area contributed by atoms with E-state index in [0.717, 1.165) is 28.2 Å². The van der Waals surface area contributed by atoms with Gasteiger partial charge in [-0.1, -0.05) is 0 Å². The minimum Gasteiger partial charge on any atom is -0.326 e. The predicted molar refractivity (Wildman–Crippen MR) is 114 cm³/mol. The van der Waals surface area contributed by atoms with E-state index in [0.29, 0.717) is 18.6 Å². The number of hydrogen-bond acceptors (Lipinski definition) is 5. The zero-order valence-corrected chi connectivity index (χ0v) is 16.5. The van der Waals surface area contributed by atoms with Gasteiger partial charge in [0.2, 0.25) is 0 Å². The molecule has 0 fully saturated rings. The summed E-state index contributed by atoms with van der Waals surface area (Å²) in [7, 11) is 0. The Bertz CT molecular complexity index is 1120. The summed E-state index contributed by atoms with van der Waals surface area (Å²) in [6, 6.07) is 11.9. The molecule has 0 spiro atoms. The van der Waals surface area contributed by atoms with Crippen molar-refractivity contribution < 1.29 is 4.39 Å². The maximum absolute atomic E-state index is 13.4. The summed E-state index contributed by atoms with van der Waals surface area (Å²) in [6.07, 6.45) is 9.57. The van der Waals surface area contributed by atoms with Gasteiger partial charge >= 0.3 is 0 Å². The van der Waals surface area contributed by atoms with Crippen molar-refractivity contribution in [2.45, 2.75) is 25.8 Å². The lowest BCUT2D eigenvalue weighted by molar-refractivity contribution is 0.568. The largest absolute Gasteiger partial charge is 0.326 e. The Labute approximate surface area is 174 Å². The summed E-state index contributed by atoms with van der Waals surface area (Å²) in [4.78, 5) is 17.0. The molecule has 0 saturated carbocycles. The molecule has 1 atom stereocenters. The zero-order chi connectivity index (χ0) is 20.9. The van der Waals surface area contributed by atoms with Crippen LogP contribution in [0.4, 0.5) is 4.39 Å². The van der Waals surface area contributed by atoms with Gasteiger partial charge in [0.15, 0.2) is 0 Å². The van der Waals surface area contributed by atoms with Gasteiger partial charge in [-0.25, -0.2) is 19.3 Å². The first kappa shape index (κ1) is 19.6. The van der Waals surface area contributed by atoms with Gasteiger partial charge in [0.1, 0.15) is 12.1 Å². The number of pyridine rings is 1. The van der Waals surface area contributed by atoms with Crippen LogP contribution in [0.2, 0.25) is 0 Å². The van der Waals surface area contributed by atoms with Crippen LogP contribution in [-0.2, 0) is 6.42 Å². The van der Waals surface area contributed by atoms with E-state index in [1.54, 1.807) is 37.1 Å². The van der Waals surface area contributed by atoms with Gasteiger partial charge < -0.3 is 9.98 Å². The van der Waals surface area contributed by atoms with Crippen molar-refractivity contribution in [2.24, 2.45) is 0 Å². The lowest BCUT2D eigenvalue weighted by atomic mass is 10.0. The van der Waals surface area contributed by atoms with Gasteiger partial charge in [-0.2, -0.15) is 0 Å². The second-order valence-electron chi connectivity index (χ2n) is 7.14. The highest BCUT2D eigenvalue weighted by atomic mass is 19.1. The average Bonchev–Trinajstić information content (AvgIpc) is 3.21. The SMILES string of the molecule is CC(CC(=N)Cc1ccncc1)n1cnc(-c2ccc(F)cc2)c1-c1ccncn1. The number of aromatic nitrogens is 5. The Morgan fingerprint density at radius 3 is 2.43 bits per heavy atom. The molecule has 0 aliphatic heterocycles. The summed E-state index contributed by atoms with van der Waals surface area (Å²) in [5.41, 5.74) is 4.78. The van der Waals surface area contributed by atoms with Crippen molar-refractivity contribution in [2.75, 3.05) is 0 Å². The first-order valence-corrected chi connectivity index (χ1v) is 9.66. The molecule has 0 amide bonds.